The molecule has 2 aromatic rings. The summed E-state index contributed by atoms with van der Waals surface area (Å²) in [7, 11) is 0. The largest absolute Gasteiger partial charge is 0.503 e. The van der Waals surface area contributed by atoms with Crippen molar-refractivity contribution in [2.24, 2.45) is 0 Å². The van der Waals surface area contributed by atoms with Gasteiger partial charge in [0.25, 0.3) is 5.91 Å². The first-order chi connectivity index (χ1) is 13.4. The number of allylic oxidation sites excluding steroid dienone is 1. The average Bonchev–Trinajstić information content (AvgIpc) is 2.65. The Kier molecular flexibility index (Phi) is 5.89. The van der Waals surface area contributed by atoms with E-state index in [9.17, 15) is 14.7 Å². The molecule has 2 aromatic carbocycles. The quantitative estimate of drug-likeness (QED) is 0.561. The fourth-order valence-corrected chi connectivity index (χ4v) is 3.45. The summed E-state index contributed by atoms with van der Waals surface area (Å²) < 4.78 is 5.87. The number of amides is 3. The number of hydrogen-bond donors (Lipinski definition) is 4. The molecule has 0 aliphatic carbocycles. The molecule has 28 heavy (non-hydrogen) atoms. The van der Waals surface area contributed by atoms with Crippen molar-refractivity contribution in [1.29, 1.82) is 0 Å². The summed E-state index contributed by atoms with van der Waals surface area (Å²) in [4.78, 5) is 25.0. The van der Waals surface area contributed by atoms with E-state index in [1.807, 2.05) is 18.2 Å². The summed E-state index contributed by atoms with van der Waals surface area (Å²) in [6.45, 7) is 3.83. The van der Waals surface area contributed by atoms with Gasteiger partial charge in [-0.25, -0.2) is 4.79 Å². The van der Waals surface area contributed by atoms with Gasteiger partial charge in [-0.15, -0.1) is 0 Å². The number of carbonyl (C=O) groups excluding carboxylic acids is 2. The Morgan fingerprint density at radius 2 is 2.00 bits per heavy atom. The lowest BCUT2D eigenvalue weighted by atomic mass is 9.94. The van der Waals surface area contributed by atoms with Gasteiger partial charge in [-0.05, 0) is 59.6 Å². The predicted molar refractivity (Wildman–Crippen MR) is 109 cm³/mol. The lowest BCUT2D eigenvalue weighted by molar-refractivity contribution is -0.113. The van der Waals surface area contributed by atoms with Crippen molar-refractivity contribution in [2.75, 3.05) is 11.9 Å². The Morgan fingerprint density at radius 3 is 2.68 bits per heavy atom. The number of rotatable bonds is 5. The minimum Gasteiger partial charge on any atom is -0.503 e. The van der Waals surface area contributed by atoms with Crippen LogP contribution in [0.5, 0.6) is 11.5 Å². The van der Waals surface area contributed by atoms with E-state index in [-0.39, 0.29) is 17.4 Å². The van der Waals surface area contributed by atoms with Gasteiger partial charge >= 0.3 is 6.03 Å². The highest BCUT2D eigenvalue weighted by Crippen LogP contribution is 2.39. The Bertz CT molecular complexity index is 944. The monoisotopic (exact) mass is 445 g/mol. The summed E-state index contributed by atoms with van der Waals surface area (Å²) in [6, 6.07) is 11.2. The highest BCUT2D eigenvalue weighted by Gasteiger charge is 2.32. The number of carbonyl (C=O) groups is 2. The second-order valence-corrected chi connectivity index (χ2v) is 7.03. The molecule has 0 saturated carbocycles. The van der Waals surface area contributed by atoms with Crippen molar-refractivity contribution in [3.8, 4) is 11.5 Å². The van der Waals surface area contributed by atoms with Crippen LogP contribution in [0.3, 0.4) is 0 Å². The third kappa shape index (κ3) is 4.12. The van der Waals surface area contributed by atoms with E-state index in [4.69, 9.17) is 4.74 Å². The van der Waals surface area contributed by atoms with E-state index in [0.29, 0.717) is 33.6 Å². The van der Waals surface area contributed by atoms with Gasteiger partial charge in [-0.3, -0.25) is 4.79 Å². The third-order valence-corrected chi connectivity index (χ3v) is 4.83. The van der Waals surface area contributed by atoms with Crippen LogP contribution in [-0.2, 0) is 4.79 Å². The minimum atomic E-state index is -0.714. The maximum atomic E-state index is 13.0. The zero-order valence-electron chi connectivity index (χ0n) is 15.4. The molecule has 1 heterocycles. The number of phenols is 1. The van der Waals surface area contributed by atoms with Gasteiger partial charge in [0.15, 0.2) is 11.5 Å². The second kappa shape index (κ2) is 8.35. The molecule has 3 amide bonds. The summed E-state index contributed by atoms with van der Waals surface area (Å²) in [5, 5.41) is 18.4. The number of benzene rings is 2. The van der Waals surface area contributed by atoms with Crippen molar-refractivity contribution in [1.82, 2.24) is 10.6 Å². The predicted octanol–water partition coefficient (Wildman–Crippen LogP) is 3.82. The number of anilines is 1. The van der Waals surface area contributed by atoms with Gasteiger partial charge in [-0.2, -0.15) is 0 Å². The van der Waals surface area contributed by atoms with Crippen molar-refractivity contribution in [3.63, 3.8) is 0 Å². The number of urea groups is 1. The lowest BCUT2D eigenvalue weighted by Crippen LogP contribution is -2.46. The topological polar surface area (TPSA) is 99.7 Å². The summed E-state index contributed by atoms with van der Waals surface area (Å²) >= 11 is 3.30. The normalized spacial score (nSPS) is 16.2. The first-order valence-electron chi connectivity index (χ1n) is 8.70. The molecular weight excluding hydrogens is 426 g/mol. The number of phenolic OH excluding ortho intramolecular Hbond substituents is 1. The molecule has 7 nitrogen and oxygen atoms in total. The third-order valence-electron chi connectivity index (χ3n) is 4.23. The standard InChI is InChI=1S/C20H20BrN3O4/c1-3-28-15-10-12(9-14(21)18(15)25)17-16(11(2)22-20(27)24-17)19(26)23-13-7-5-4-6-8-13/h4-10,17,25H,3H2,1-2H3,(H,23,26)(H2,22,24,27). The van der Waals surface area contributed by atoms with Crippen LogP contribution in [0.2, 0.25) is 0 Å². The number of hydrogen-bond acceptors (Lipinski definition) is 4. The SMILES string of the molecule is CCOc1cc(C2NC(=O)NC(C)=C2C(=O)Nc2ccccc2)cc(Br)c1O. The van der Waals surface area contributed by atoms with Crippen LogP contribution in [0.15, 0.2) is 58.2 Å². The highest BCUT2D eigenvalue weighted by molar-refractivity contribution is 9.10. The van der Waals surface area contributed by atoms with Crippen molar-refractivity contribution < 1.29 is 19.4 Å². The van der Waals surface area contributed by atoms with Crippen LogP contribution in [-0.4, -0.2) is 23.7 Å². The molecule has 0 radical (unpaired) electrons. The van der Waals surface area contributed by atoms with Gasteiger partial charge in [0.05, 0.1) is 22.7 Å². The Balaban J connectivity index is 2.01. The summed E-state index contributed by atoms with van der Waals surface area (Å²) in [5.41, 5.74) is 2.05. The molecule has 0 fully saturated rings. The van der Waals surface area contributed by atoms with E-state index >= 15 is 0 Å². The van der Waals surface area contributed by atoms with Crippen molar-refractivity contribution >= 4 is 33.6 Å². The molecule has 0 aromatic heterocycles. The van der Waals surface area contributed by atoms with Crippen LogP contribution in [0.25, 0.3) is 0 Å². The lowest BCUT2D eigenvalue weighted by Gasteiger charge is -2.29. The first-order valence-corrected chi connectivity index (χ1v) is 9.50. The molecule has 1 aliphatic heterocycles. The molecule has 1 atom stereocenters. The number of aromatic hydroxyl groups is 1. The number of halogens is 1. The van der Waals surface area contributed by atoms with Crippen LogP contribution >= 0.6 is 15.9 Å². The number of para-hydroxylation sites is 1. The Hall–Kier alpha value is -3.00. The van der Waals surface area contributed by atoms with E-state index in [1.54, 1.807) is 38.1 Å². The van der Waals surface area contributed by atoms with Gasteiger partial charge in [-0.1, -0.05) is 18.2 Å². The van der Waals surface area contributed by atoms with Gasteiger partial charge in [0.2, 0.25) is 0 Å². The van der Waals surface area contributed by atoms with Crippen LogP contribution in [0.4, 0.5) is 10.5 Å². The molecule has 3 rings (SSSR count). The molecular formula is C20H20BrN3O4. The van der Waals surface area contributed by atoms with Crippen LogP contribution < -0.4 is 20.7 Å². The van der Waals surface area contributed by atoms with Gasteiger partial charge < -0.3 is 25.8 Å². The van der Waals surface area contributed by atoms with E-state index in [2.05, 4.69) is 31.9 Å². The van der Waals surface area contributed by atoms with Crippen molar-refractivity contribution in [2.45, 2.75) is 19.9 Å². The maximum Gasteiger partial charge on any atom is 0.319 e. The zero-order valence-corrected chi connectivity index (χ0v) is 17.0. The molecule has 8 heteroatoms. The second-order valence-electron chi connectivity index (χ2n) is 6.17. The Labute approximate surface area is 170 Å². The average molecular weight is 446 g/mol. The van der Waals surface area contributed by atoms with E-state index in [1.165, 1.54) is 0 Å². The smallest absolute Gasteiger partial charge is 0.319 e. The van der Waals surface area contributed by atoms with Gasteiger partial charge in [0.1, 0.15) is 0 Å². The molecule has 1 aliphatic rings. The molecule has 0 bridgehead atoms. The van der Waals surface area contributed by atoms with E-state index < -0.39 is 12.1 Å². The first kappa shape index (κ1) is 19.8. The van der Waals surface area contributed by atoms with E-state index in [0.717, 1.165) is 0 Å². The summed E-state index contributed by atoms with van der Waals surface area (Å²) in [6.07, 6.45) is 0. The maximum absolute atomic E-state index is 13.0. The summed E-state index contributed by atoms with van der Waals surface area (Å²) in [5.74, 6) is -0.120. The highest BCUT2D eigenvalue weighted by atomic mass is 79.9. The fraction of sp³-hybridized carbons (Fsp3) is 0.200. The number of ether oxygens (including phenoxy) is 1. The number of nitrogens with one attached hydrogen (secondary N) is 3. The molecule has 0 saturated heterocycles. The minimum absolute atomic E-state index is 0.0400. The molecule has 1 unspecified atom stereocenters. The van der Waals surface area contributed by atoms with Crippen LogP contribution in [0, 0.1) is 0 Å². The fourth-order valence-electron chi connectivity index (χ4n) is 2.99. The van der Waals surface area contributed by atoms with Gasteiger partial charge in [0, 0.05) is 11.4 Å². The zero-order chi connectivity index (χ0) is 20.3. The Morgan fingerprint density at radius 1 is 1.29 bits per heavy atom. The molecule has 4 N–H and O–H groups in total. The molecule has 146 valence electrons. The van der Waals surface area contributed by atoms with Crippen LogP contribution in [0.1, 0.15) is 25.5 Å². The molecule has 0 spiro atoms. The van der Waals surface area contributed by atoms with Crippen molar-refractivity contribution in [3.05, 3.63) is 63.8 Å².